The van der Waals surface area contributed by atoms with Crippen molar-refractivity contribution in [2.45, 2.75) is 98.3 Å². The van der Waals surface area contributed by atoms with Crippen LogP contribution in [0.5, 0.6) is 0 Å². The molecule has 2 N–H and O–H groups in total. The molecule has 2 rings (SSSR count). The molecule has 0 spiro atoms. The number of aliphatic hydroxyl groups excluding tert-OH is 2. The molecule has 38 heavy (non-hydrogen) atoms. The summed E-state index contributed by atoms with van der Waals surface area (Å²) in [5.41, 5.74) is 14.6. The molecule has 0 unspecified atom stereocenters. The molecular weight excluding hydrogens is 563 g/mol. The van der Waals surface area contributed by atoms with Gasteiger partial charge in [0, 0.05) is 33.6 Å². The standard InChI is InChI=1S/C25H30N2.2C4H10O.Pd/c1-3-4-5-6-7-8-12-22-15-17-23(18-16-22)25(14-10-19-27-26)24-13-9-11-21(2)20-24;2*1-2-3-4-5;/h9-11,13-18,20H,3-8,12H2,1-2H3;2*5H,2-4H2,1H3;. The molecule has 5 heteroatoms. The number of unbranched alkanes of at least 4 members (excludes halogenated alkanes) is 7. The van der Waals surface area contributed by atoms with Crippen LogP contribution in [-0.4, -0.2) is 34.1 Å². The van der Waals surface area contributed by atoms with Gasteiger partial charge in [0.2, 0.25) is 0 Å². The van der Waals surface area contributed by atoms with Crippen LogP contribution in [0.25, 0.3) is 11.1 Å². The summed E-state index contributed by atoms with van der Waals surface area (Å²) in [6, 6.07) is 17.3. The van der Waals surface area contributed by atoms with E-state index in [0.29, 0.717) is 13.2 Å². The number of nitrogens with zero attached hydrogens (tertiary/aromatic N) is 2. The number of hydrogen-bond acceptors (Lipinski definition) is 2. The quantitative estimate of drug-likeness (QED) is 0.0562. The Kier molecular flexibility index (Phi) is 28.0. The van der Waals surface area contributed by atoms with Crippen molar-refractivity contribution < 1.29 is 35.4 Å². The zero-order chi connectivity index (χ0) is 27.6. The number of benzene rings is 2. The van der Waals surface area contributed by atoms with Crippen molar-refractivity contribution in [3.05, 3.63) is 88.5 Å². The van der Waals surface area contributed by atoms with Gasteiger partial charge in [0.25, 0.3) is 5.87 Å². The normalized spacial score (nSPS) is 10.0. The molecule has 0 heterocycles. The average Bonchev–Trinajstić information content (AvgIpc) is 2.91. The summed E-state index contributed by atoms with van der Waals surface area (Å²) < 4.78 is 0. The van der Waals surface area contributed by atoms with E-state index < -0.39 is 0 Å². The molecule has 0 aromatic heterocycles. The molecule has 0 atom stereocenters. The van der Waals surface area contributed by atoms with Crippen molar-refractivity contribution >= 4 is 11.4 Å². The van der Waals surface area contributed by atoms with Gasteiger partial charge in [-0.2, -0.15) is 0 Å². The molecule has 2 aromatic carbocycles. The zero-order valence-corrected chi connectivity index (χ0v) is 25.6. The van der Waals surface area contributed by atoms with Crippen molar-refractivity contribution in [2.24, 2.45) is 0 Å². The second kappa shape index (κ2) is 27.9. The molecule has 214 valence electrons. The van der Waals surface area contributed by atoms with E-state index in [1.54, 1.807) is 6.08 Å². The van der Waals surface area contributed by atoms with Gasteiger partial charge in [-0.1, -0.05) is 120 Å². The zero-order valence-electron chi connectivity index (χ0n) is 24.1. The minimum absolute atomic E-state index is 0. The van der Waals surface area contributed by atoms with Gasteiger partial charge in [0.1, 0.15) is 0 Å². The first-order chi connectivity index (χ1) is 18.1. The topological polar surface area (TPSA) is 76.9 Å². The number of aryl methyl sites for hydroxylation is 2. The predicted octanol–water partition coefficient (Wildman–Crippen LogP) is 8.34. The van der Waals surface area contributed by atoms with Gasteiger partial charge in [-0.3, -0.25) is 0 Å². The maximum Gasteiger partial charge on any atom is 0.299 e. The van der Waals surface area contributed by atoms with E-state index in [1.165, 1.54) is 49.7 Å². The van der Waals surface area contributed by atoms with Crippen LogP contribution in [0.1, 0.15) is 107 Å². The molecule has 4 nitrogen and oxygen atoms in total. The Bertz CT molecular complexity index is 918. The Hall–Kier alpha value is -2.08. The van der Waals surface area contributed by atoms with Gasteiger partial charge in [-0.05, 0) is 60.9 Å². The molecule has 2 aromatic rings. The van der Waals surface area contributed by atoms with Crippen molar-refractivity contribution in [3.63, 3.8) is 0 Å². The molecule has 0 radical (unpaired) electrons. The van der Waals surface area contributed by atoms with Gasteiger partial charge in [0.15, 0.2) is 0 Å². The molecule has 0 fully saturated rings. The fourth-order valence-electron chi connectivity index (χ4n) is 3.60. The first-order valence-corrected chi connectivity index (χ1v) is 14.1. The minimum atomic E-state index is 0. The first kappa shape index (κ1) is 38.1. The van der Waals surface area contributed by atoms with Gasteiger partial charge in [-0.15, -0.1) is 4.79 Å². The second-order valence-electron chi connectivity index (χ2n) is 9.21. The Morgan fingerprint density at radius 2 is 1.37 bits per heavy atom. The van der Waals surface area contributed by atoms with E-state index >= 15 is 0 Å². The third-order valence-corrected chi connectivity index (χ3v) is 5.82. The van der Waals surface area contributed by atoms with E-state index in [4.69, 9.17) is 15.7 Å². The molecule has 0 saturated heterocycles. The van der Waals surface area contributed by atoms with E-state index in [2.05, 4.69) is 86.9 Å². The molecule has 0 aliphatic rings. The molecular formula is C33H50N2O2Pd. The molecule has 0 aliphatic heterocycles. The van der Waals surface area contributed by atoms with E-state index in [1.807, 2.05) is 6.08 Å². The van der Waals surface area contributed by atoms with E-state index in [0.717, 1.165) is 48.8 Å². The van der Waals surface area contributed by atoms with Crippen LogP contribution in [0.3, 0.4) is 0 Å². The summed E-state index contributed by atoms with van der Waals surface area (Å²) in [7, 11) is 0. The molecule has 0 saturated carbocycles. The van der Waals surface area contributed by atoms with Crippen LogP contribution in [0.15, 0.2) is 60.7 Å². The molecule has 0 amide bonds. The third kappa shape index (κ3) is 20.0. The van der Waals surface area contributed by atoms with Gasteiger partial charge < -0.3 is 15.7 Å². The summed E-state index contributed by atoms with van der Waals surface area (Å²) in [5.74, 6) is 2.47. The Morgan fingerprint density at radius 3 is 1.87 bits per heavy atom. The van der Waals surface area contributed by atoms with Crippen LogP contribution in [0, 0.1) is 6.92 Å². The van der Waals surface area contributed by atoms with Crippen LogP contribution < -0.4 is 0 Å². The van der Waals surface area contributed by atoms with Crippen LogP contribution in [0.2, 0.25) is 0 Å². The van der Waals surface area contributed by atoms with Gasteiger partial charge >= 0.3 is 0 Å². The second-order valence-corrected chi connectivity index (χ2v) is 9.21. The average molecular weight is 613 g/mol. The molecule has 0 aliphatic carbocycles. The third-order valence-electron chi connectivity index (χ3n) is 5.82. The van der Waals surface area contributed by atoms with Crippen molar-refractivity contribution in [1.29, 1.82) is 0 Å². The number of allylic oxidation sites excluding steroid dienone is 2. The monoisotopic (exact) mass is 612 g/mol. The van der Waals surface area contributed by atoms with E-state index in [9.17, 15) is 0 Å². The number of hydrogen-bond donors (Lipinski definition) is 2. The van der Waals surface area contributed by atoms with Crippen molar-refractivity contribution in [2.75, 3.05) is 13.2 Å². The fourth-order valence-corrected chi connectivity index (χ4v) is 3.60. The van der Waals surface area contributed by atoms with Crippen LogP contribution in [0.4, 0.5) is 0 Å². The summed E-state index contributed by atoms with van der Waals surface area (Å²) in [6.07, 6.45) is 16.8. The first-order valence-electron chi connectivity index (χ1n) is 14.1. The SMILES string of the molecule is CCCCCCCCc1ccc(C(=CC=C=[N+]=[N-])c2cccc(C)c2)cc1.CCCCO.CCCCO.[Pd]. The van der Waals surface area contributed by atoms with Crippen molar-refractivity contribution in [3.8, 4) is 0 Å². The fraction of sp³-hybridized carbons (Fsp3) is 0.515. The largest absolute Gasteiger partial charge is 0.396 e. The number of rotatable bonds is 14. The Morgan fingerprint density at radius 1 is 0.789 bits per heavy atom. The minimum Gasteiger partial charge on any atom is -0.396 e. The predicted molar refractivity (Wildman–Crippen MR) is 159 cm³/mol. The smallest absolute Gasteiger partial charge is 0.299 e. The van der Waals surface area contributed by atoms with E-state index in [-0.39, 0.29) is 20.4 Å². The molecule has 0 bridgehead atoms. The van der Waals surface area contributed by atoms with Crippen LogP contribution >= 0.6 is 0 Å². The van der Waals surface area contributed by atoms with Crippen molar-refractivity contribution in [1.82, 2.24) is 0 Å². The summed E-state index contributed by atoms with van der Waals surface area (Å²) >= 11 is 0. The summed E-state index contributed by atoms with van der Waals surface area (Å²) in [5, 5.41) is 16.1. The maximum atomic E-state index is 8.60. The van der Waals surface area contributed by atoms with Crippen LogP contribution in [-0.2, 0) is 26.8 Å². The van der Waals surface area contributed by atoms with Gasteiger partial charge in [0.05, 0.1) is 6.08 Å². The summed E-state index contributed by atoms with van der Waals surface area (Å²) in [4.78, 5) is 2.94. The number of aliphatic hydroxyl groups is 2. The maximum absolute atomic E-state index is 8.60. The van der Waals surface area contributed by atoms with Gasteiger partial charge in [-0.25, -0.2) is 0 Å². The Labute approximate surface area is 246 Å². The summed E-state index contributed by atoms with van der Waals surface area (Å²) in [6.45, 7) is 9.14. The Balaban J connectivity index is 0.